The van der Waals surface area contributed by atoms with Crippen molar-refractivity contribution in [2.75, 3.05) is 0 Å². The van der Waals surface area contributed by atoms with Crippen LogP contribution in [0.3, 0.4) is 0 Å². The fourth-order valence-electron chi connectivity index (χ4n) is 0.977. The average molecular weight is 391 g/mol. The molecule has 0 amide bonds. The topological polar surface area (TPSA) is 260 Å². The van der Waals surface area contributed by atoms with Crippen LogP contribution in [0, 0.1) is 5.92 Å². The molecule has 3 unspecified atom stereocenters. The van der Waals surface area contributed by atoms with Gasteiger partial charge in [0.05, 0.1) is 0 Å². The predicted octanol–water partition coefficient (Wildman–Crippen LogP) is -5.01. The second-order valence-electron chi connectivity index (χ2n) is 3.26. The fraction of sp³-hybridized carbons (Fsp3) is 1.00. The summed E-state index contributed by atoms with van der Waals surface area (Å²) in [6, 6.07) is 0. The van der Waals surface area contributed by atoms with Gasteiger partial charge in [-0.2, -0.15) is 0 Å². The number of aliphatic hydroxyl groups is 3. The predicted molar refractivity (Wildman–Crippen MR) is 53.9 cm³/mol. The zero-order valence-corrected chi connectivity index (χ0v) is 12.2. The maximum atomic E-state index is 10.2. The Bertz CT molecular complexity index is 562. The Morgan fingerprint density at radius 2 is 0.773 bits per heavy atom. The van der Waals surface area contributed by atoms with Gasteiger partial charge in [0.25, 0.3) is 0 Å². The third-order valence-electron chi connectivity index (χ3n) is 1.64. The van der Waals surface area contributed by atoms with Crippen molar-refractivity contribution in [1.82, 2.24) is 0 Å². The van der Waals surface area contributed by atoms with E-state index in [1.807, 2.05) is 0 Å². The van der Waals surface area contributed by atoms with Gasteiger partial charge in [0, 0.05) is 0 Å². The summed E-state index contributed by atoms with van der Waals surface area (Å²) in [5, 5.41) is 27.3. The van der Waals surface area contributed by atoms with Gasteiger partial charge in [-0.1, -0.05) is 0 Å². The molecular weight excluding hydrogens is 384 g/mol. The standard InChI is InChI=1S/C4H10O15S3/c5-2(17-20(8,9)10)1(3(6)18-21(11,12)13)4(7)19-22(14,15)16/h1-7H,(H,8,9,10)(H,11,12,13)(H,14,15,16)/p-3. The van der Waals surface area contributed by atoms with Gasteiger partial charge < -0.3 is 29.0 Å². The maximum absolute atomic E-state index is 10.2. The summed E-state index contributed by atoms with van der Waals surface area (Å²) >= 11 is 0. The molecule has 0 aromatic rings. The van der Waals surface area contributed by atoms with E-state index in [0.29, 0.717) is 0 Å². The molecule has 0 aromatic carbocycles. The second kappa shape index (κ2) is 7.37. The van der Waals surface area contributed by atoms with Crippen molar-refractivity contribution < 1.29 is 66.8 Å². The van der Waals surface area contributed by atoms with E-state index in [4.69, 9.17) is 15.3 Å². The molecular formula is C4H7O15S3-3. The lowest BCUT2D eigenvalue weighted by molar-refractivity contribution is -0.225. The number of rotatable bonds is 9. The van der Waals surface area contributed by atoms with E-state index in [9.17, 15) is 38.9 Å². The minimum Gasteiger partial charge on any atom is -0.725 e. The third kappa shape index (κ3) is 9.50. The van der Waals surface area contributed by atoms with Gasteiger partial charge in [0.2, 0.25) is 31.2 Å². The summed E-state index contributed by atoms with van der Waals surface area (Å²) in [4.78, 5) is 0. The largest absolute Gasteiger partial charge is 0.725 e. The molecule has 0 radical (unpaired) electrons. The van der Waals surface area contributed by atoms with Gasteiger partial charge in [-0.15, -0.1) is 0 Å². The highest BCUT2D eigenvalue weighted by atomic mass is 32.3. The van der Waals surface area contributed by atoms with Crippen LogP contribution in [0.25, 0.3) is 0 Å². The highest BCUT2D eigenvalue weighted by Gasteiger charge is 2.39. The van der Waals surface area contributed by atoms with Crippen LogP contribution in [0.15, 0.2) is 0 Å². The quantitative estimate of drug-likeness (QED) is 0.189. The van der Waals surface area contributed by atoms with Gasteiger partial charge in [0.15, 0.2) is 18.9 Å². The van der Waals surface area contributed by atoms with Gasteiger partial charge in [-0.25, -0.2) is 37.8 Å². The first-order valence-corrected chi connectivity index (χ1v) is 8.48. The molecule has 15 nitrogen and oxygen atoms in total. The van der Waals surface area contributed by atoms with Crippen LogP contribution >= 0.6 is 0 Å². The van der Waals surface area contributed by atoms with Gasteiger partial charge in [-0.3, -0.25) is 0 Å². The van der Waals surface area contributed by atoms with Crippen LogP contribution in [0.1, 0.15) is 0 Å². The second-order valence-corrected chi connectivity index (χ2v) is 6.29. The summed E-state index contributed by atoms with van der Waals surface area (Å²) in [7, 11) is -17.1. The molecule has 0 heterocycles. The van der Waals surface area contributed by atoms with Crippen molar-refractivity contribution in [3.63, 3.8) is 0 Å². The van der Waals surface area contributed by atoms with E-state index in [2.05, 4.69) is 12.5 Å². The van der Waals surface area contributed by atoms with Crippen molar-refractivity contribution in [3.8, 4) is 0 Å². The molecule has 0 aliphatic rings. The summed E-state index contributed by atoms with van der Waals surface area (Å²) < 4.78 is 102. The Hall–Kier alpha value is -0.510. The smallest absolute Gasteiger partial charge is 0.220 e. The molecule has 0 saturated heterocycles. The molecule has 134 valence electrons. The Morgan fingerprint density at radius 1 is 0.591 bits per heavy atom. The molecule has 18 heteroatoms. The van der Waals surface area contributed by atoms with Crippen LogP contribution < -0.4 is 0 Å². The molecule has 0 rings (SSSR count). The van der Waals surface area contributed by atoms with E-state index in [1.54, 1.807) is 0 Å². The highest BCUT2D eigenvalue weighted by Crippen LogP contribution is 2.21. The molecule has 0 aliphatic carbocycles. The molecule has 0 bridgehead atoms. The van der Waals surface area contributed by atoms with Crippen LogP contribution in [0.2, 0.25) is 0 Å². The fourth-order valence-corrected chi connectivity index (χ4v) is 2.09. The average Bonchev–Trinajstić information content (AvgIpc) is 2.06. The number of hydrogen-bond acceptors (Lipinski definition) is 15. The Morgan fingerprint density at radius 3 is 0.909 bits per heavy atom. The normalized spacial score (nSPS) is 19.4. The van der Waals surface area contributed by atoms with Gasteiger partial charge in [0.1, 0.15) is 5.92 Å². The minimum absolute atomic E-state index is 2.91. The third-order valence-corrected chi connectivity index (χ3v) is 2.94. The summed E-state index contributed by atoms with van der Waals surface area (Å²) in [5.41, 5.74) is 0. The zero-order valence-electron chi connectivity index (χ0n) is 9.77. The molecule has 0 saturated carbocycles. The first-order valence-electron chi connectivity index (χ1n) is 4.48. The maximum Gasteiger partial charge on any atom is 0.220 e. The molecule has 0 spiro atoms. The van der Waals surface area contributed by atoms with Crippen LogP contribution in [-0.2, 0) is 43.7 Å². The molecule has 0 aromatic heterocycles. The molecule has 0 aliphatic heterocycles. The Kier molecular flexibility index (Phi) is 7.20. The van der Waals surface area contributed by atoms with E-state index in [1.165, 1.54) is 0 Å². The van der Waals surface area contributed by atoms with Crippen molar-refractivity contribution in [1.29, 1.82) is 0 Å². The minimum atomic E-state index is -5.71. The summed E-state index contributed by atoms with van der Waals surface area (Å²) in [5.74, 6) is -2.91. The van der Waals surface area contributed by atoms with Crippen LogP contribution in [0.4, 0.5) is 0 Å². The van der Waals surface area contributed by atoms with Gasteiger partial charge in [-0.05, 0) is 0 Å². The van der Waals surface area contributed by atoms with Crippen LogP contribution in [-0.4, -0.2) is 73.1 Å². The molecule has 3 N–H and O–H groups in total. The number of aliphatic hydroxyl groups excluding tert-OH is 3. The zero-order chi connectivity index (χ0) is 17.9. The van der Waals surface area contributed by atoms with E-state index in [-0.39, 0.29) is 0 Å². The first kappa shape index (κ1) is 21.5. The van der Waals surface area contributed by atoms with E-state index in [0.717, 1.165) is 0 Å². The van der Waals surface area contributed by atoms with Crippen LogP contribution in [0.5, 0.6) is 0 Å². The first-order chi connectivity index (χ1) is 9.52. The summed E-state index contributed by atoms with van der Waals surface area (Å²) in [6.45, 7) is 0. The van der Waals surface area contributed by atoms with E-state index >= 15 is 0 Å². The lowest BCUT2D eigenvalue weighted by atomic mass is 10.1. The Balaban J connectivity index is 5.47. The monoisotopic (exact) mass is 391 g/mol. The van der Waals surface area contributed by atoms with Gasteiger partial charge >= 0.3 is 0 Å². The lowest BCUT2D eigenvalue weighted by Crippen LogP contribution is -2.46. The van der Waals surface area contributed by atoms with Crippen molar-refractivity contribution in [2.24, 2.45) is 5.92 Å². The van der Waals surface area contributed by atoms with Crippen molar-refractivity contribution in [2.45, 2.75) is 18.9 Å². The lowest BCUT2D eigenvalue weighted by Gasteiger charge is -2.31. The molecule has 0 fully saturated rings. The Labute approximate surface area is 123 Å². The molecule has 3 atom stereocenters. The number of hydrogen-bond donors (Lipinski definition) is 3. The summed E-state index contributed by atoms with van der Waals surface area (Å²) in [6.07, 6.45) is -9.47. The highest BCUT2D eigenvalue weighted by molar-refractivity contribution is 7.81. The van der Waals surface area contributed by atoms with E-state index < -0.39 is 56.0 Å². The van der Waals surface area contributed by atoms with Crippen molar-refractivity contribution >= 4 is 31.2 Å². The SMILES string of the molecule is O=S(=O)([O-])OC(O)C(C(O)OS(=O)(=O)[O-])C(O)OS(=O)(=O)[O-]. The molecule has 22 heavy (non-hydrogen) atoms. The van der Waals surface area contributed by atoms with Crippen molar-refractivity contribution in [3.05, 3.63) is 0 Å².